The summed E-state index contributed by atoms with van der Waals surface area (Å²) in [6.45, 7) is 5.27. The Labute approximate surface area is 173 Å². The van der Waals surface area contributed by atoms with Crippen LogP contribution in [0.5, 0.6) is 0 Å². The number of carbonyl (C=O) groups is 1. The number of thioether (sulfide) groups is 1. The molecule has 0 N–H and O–H groups in total. The highest BCUT2D eigenvalue weighted by Gasteiger charge is 2.30. The number of carbonyl (C=O) groups excluding carboxylic acids is 1. The standard InChI is InChI=1S/C21H22N4O3S/c1-4-24(5-2)17-12-11-15(13-18(17)25(27)28)14-19-20(26)23(3)21(29-19)22-16-9-7-6-8-10-16/h6-14H,4-5H2,1-3H3/b19-14+,22-21?. The fourth-order valence-electron chi connectivity index (χ4n) is 3.02. The Balaban J connectivity index is 1.93. The topological polar surface area (TPSA) is 79.0 Å². The molecule has 0 saturated carbocycles. The molecule has 150 valence electrons. The molecule has 29 heavy (non-hydrogen) atoms. The smallest absolute Gasteiger partial charge is 0.293 e. The number of amidine groups is 1. The van der Waals surface area contributed by atoms with Gasteiger partial charge in [-0.2, -0.15) is 0 Å². The summed E-state index contributed by atoms with van der Waals surface area (Å²) in [5.41, 5.74) is 1.98. The normalized spacial score (nSPS) is 16.7. The van der Waals surface area contributed by atoms with Crippen molar-refractivity contribution in [2.24, 2.45) is 4.99 Å². The van der Waals surface area contributed by atoms with Crippen molar-refractivity contribution >= 4 is 46.0 Å². The minimum atomic E-state index is -0.381. The Kier molecular flexibility index (Phi) is 6.33. The first kappa shape index (κ1) is 20.6. The molecule has 0 unspecified atom stereocenters. The maximum absolute atomic E-state index is 12.6. The van der Waals surface area contributed by atoms with E-state index >= 15 is 0 Å². The molecule has 0 atom stereocenters. The van der Waals surface area contributed by atoms with E-state index in [9.17, 15) is 14.9 Å². The number of amides is 1. The highest BCUT2D eigenvalue weighted by atomic mass is 32.2. The number of nitrogens with zero attached hydrogens (tertiary/aromatic N) is 4. The first-order valence-corrected chi connectivity index (χ1v) is 10.1. The van der Waals surface area contributed by atoms with Crippen molar-refractivity contribution in [3.05, 3.63) is 69.1 Å². The van der Waals surface area contributed by atoms with Crippen LogP contribution in [0.1, 0.15) is 19.4 Å². The lowest BCUT2D eigenvalue weighted by Gasteiger charge is -2.20. The molecule has 0 aliphatic carbocycles. The van der Waals surface area contributed by atoms with Crippen LogP contribution in [0.15, 0.2) is 58.4 Å². The average molecular weight is 410 g/mol. The molecule has 0 aromatic heterocycles. The summed E-state index contributed by atoms with van der Waals surface area (Å²) in [7, 11) is 1.67. The van der Waals surface area contributed by atoms with Gasteiger partial charge in [-0.05, 0) is 55.4 Å². The van der Waals surface area contributed by atoms with E-state index in [1.54, 1.807) is 25.3 Å². The summed E-state index contributed by atoms with van der Waals surface area (Å²) >= 11 is 1.26. The SMILES string of the molecule is CCN(CC)c1ccc(/C=C2/SC(=Nc3ccccc3)N(C)C2=O)cc1[N+](=O)[O-]. The average Bonchev–Trinajstić information content (AvgIpc) is 2.98. The lowest BCUT2D eigenvalue weighted by molar-refractivity contribution is -0.384. The maximum Gasteiger partial charge on any atom is 0.293 e. The third-order valence-corrected chi connectivity index (χ3v) is 5.64. The van der Waals surface area contributed by atoms with Crippen molar-refractivity contribution in [2.45, 2.75) is 13.8 Å². The zero-order valence-corrected chi connectivity index (χ0v) is 17.3. The van der Waals surface area contributed by atoms with E-state index in [0.29, 0.717) is 34.4 Å². The fourth-order valence-corrected chi connectivity index (χ4v) is 4.01. The number of anilines is 1. The molecule has 0 bridgehead atoms. The number of hydrogen-bond acceptors (Lipinski definition) is 6. The second-order valence-electron chi connectivity index (χ2n) is 6.38. The molecule has 2 aromatic carbocycles. The number of hydrogen-bond donors (Lipinski definition) is 0. The molecule has 0 spiro atoms. The summed E-state index contributed by atoms with van der Waals surface area (Å²) in [5, 5.41) is 12.1. The Morgan fingerprint density at radius 1 is 1.17 bits per heavy atom. The number of nitro benzene ring substituents is 1. The number of rotatable bonds is 6. The fraction of sp³-hybridized carbons (Fsp3) is 0.238. The van der Waals surface area contributed by atoms with Crippen LogP contribution in [0.3, 0.4) is 0 Å². The van der Waals surface area contributed by atoms with Gasteiger partial charge in [-0.25, -0.2) is 4.99 Å². The van der Waals surface area contributed by atoms with E-state index in [4.69, 9.17) is 0 Å². The predicted molar refractivity (Wildman–Crippen MR) is 119 cm³/mol. The molecule has 2 aromatic rings. The maximum atomic E-state index is 12.6. The van der Waals surface area contributed by atoms with Crippen LogP contribution in [0.25, 0.3) is 6.08 Å². The van der Waals surface area contributed by atoms with Crippen molar-refractivity contribution in [1.82, 2.24) is 4.90 Å². The second-order valence-corrected chi connectivity index (χ2v) is 7.39. The van der Waals surface area contributed by atoms with Gasteiger partial charge in [0, 0.05) is 26.2 Å². The summed E-state index contributed by atoms with van der Waals surface area (Å²) in [4.78, 5) is 32.2. The van der Waals surface area contributed by atoms with Crippen molar-refractivity contribution in [2.75, 3.05) is 25.0 Å². The number of benzene rings is 2. The van der Waals surface area contributed by atoms with Gasteiger partial charge in [0.05, 0.1) is 15.5 Å². The predicted octanol–water partition coefficient (Wildman–Crippen LogP) is 4.67. The second kappa shape index (κ2) is 8.91. The molecule has 1 saturated heterocycles. The molecule has 1 aliphatic heterocycles. The molecule has 1 aliphatic rings. The Hall–Kier alpha value is -3.13. The Morgan fingerprint density at radius 3 is 2.48 bits per heavy atom. The minimum Gasteiger partial charge on any atom is -0.367 e. The summed E-state index contributed by atoms with van der Waals surface area (Å²) in [6.07, 6.45) is 1.68. The monoisotopic (exact) mass is 410 g/mol. The van der Waals surface area contributed by atoms with E-state index in [1.165, 1.54) is 22.7 Å². The number of likely N-dealkylation sites (N-methyl/N-ethyl adjacent to an activating group) is 1. The van der Waals surface area contributed by atoms with Crippen LogP contribution < -0.4 is 4.90 Å². The molecule has 7 nitrogen and oxygen atoms in total. The lowest BCUT2D eigenvalue weighted by atomic mass is 10.1. The number of nitro groups is 1. The van der Waals surface area contributed by atoms with Gasteiger partial charge in [0.1, 0.15) is 5.69 Å². The zero-order chi connectivity index (χ0) is 21.0. The van der Waals surface area contributed by atoms with Crippen LogP contribution in [-0.2, 0) is 4.79 Å². The largest absolute Gasteiger partial charge is 0.367 e. The van der Waals surface area contributed by atoms with E-state index in [2.05, 4.69) is 4.99 Å². The van der Waals surface area contributed by atoms with E-state index in [1.807, 2.05) is 49.1 Å². The third-order valence-electron chi connectivity index (χ3n) is 4.58. The molecule has 3 rings (SSSR count). The number of aliphatic imine (C=N–C) groups is 1. The van der Waals surface area contributed by atoms with Crippen LogP contribution in [-0.4, -0.2) is 41.0 Å². The van der Waals surface area contributed by atoms with Gasteiger partial charge in [-0.15, -0.1) is 0 Å². The zero-order valence-electron chi connectivity index (χ0n) is 16.5. The van der Waals surface area contributed by atoms with Gasteiger partial charge >= 0.3 is 0 Å². The molecule has 1 amide bonds. The minimum absolute atomic E-state index is 0.0324. The van der Waals surface area contributed by atoms with Crippen LogP contribution >= 0.6 is 11.8 Å². The Morgan fingerprint density at radius 2 is 1.86 bits per heavy atom. The van der Waals surface area contributed by atoms with Gasteiger partial charge in [-0.3, -0.25) is 19.8 Å². The van der Waals surface area contributed by atoms with Crippen molar-refractivity contribution in [3.63, 3.8) is 0 Å². The third kappa shape index (κ3) is 4.48. The van der Waals surface area contributed by atoms with Crippen molar-refractivity contribution in [1.29, 1.82) is 0 Å². The van der Waals surface area contributed by atoms with Gasteiger partial charge in [-0.1, -0.05) is 24.3 Å². The van der Waals surface area contributed by atoms with E-state index in [0.717, 1.165) is 5.69 Å². The van der Waals surface area contributed by atoms with E-state index < -0.39 is 0 Å². The molecule has 8 heteroatoms. The molecular formula is C21H22N4O3S. The van der Waals surface area contributed by atoms with Crippen LogP contribution in [0, 0.1) is 10.1 Å². The first-order valence-electron chi connectivity index (χ1n) is 9.29. The summed E-state index contributed by atoms with van der Waals surface area (Å²) in [5.74, 6) is -0.180. The first-order chi connectivity index (χ1) is 13.9. The summed E-state index contributed by atoms with van der Waals surface area (Å²) in [6, 6.07) is 14.5. The molecule has 1 fully saturated rings. The van der Waals surface area contributed by atoms with Gasteiger partial charge in [0.15, 0.2) is 5.17 Å². The van der Waals surface area contributed by atoms with Crippen molar-refractivity contribution < 1.29 is 9.72 Å². The molecular weight excluding hydrogens is 388 g/mol. The highest BCUT2D eigenvalue weighted by Crippen LogP contribution is 2.35. The summed E-state index contributed by atoms with van der Waals surface area (Å²) < 4.78 is 0. The quantitative estimate of drug-likeness (QED) is 0.393. The van der Waals surface area contributed by atoms with Crippen LogP contribution in [0.4, 0.5) is 17.1 Å². The van der Waals surface area contributed by atoms with E-state index in [-0.39, 0.29) is 16.5 Å². The highest BCUT2D eigenvalue weighted by molar-refractivity contribution is 8.18. The van der Waals surface area contributed by atoms with Crippen LogP contribution in [0.2, 0.25) is 0 Å². The van der Waals surface area contributed by atoms with Gasteiger partial charge in [0.2, 0.25) is 0 Å². The molecule has 1 heterocycles. The lowest BCUT2D eigenvalue weighted by Crippen LogP contribution is -2.23. The molecule has 0 radical (unpaired) electrons. The van der Waals surface area contributed by atoms with Crippen molar-refractivity contribution in [3.8, 4) is 0 Å². The Bertz CT molecular complexity index is 985. The van der Waals surface area contributed by atoms with Gasteiger partial charge < -0.3 is 4.90 Å². The van der Waals surface area contributed by atoms with Gasteiger partial charge in [0.25, 0.3) is 11.6 Å². The number of para-hydroxylation sites is 1.